The Morgan fingerprint density at radius 2 is 1.69 bits per heavy atom. The van der Waals surface area contributed by atoms with E-state index in [4.69, 9.17) is 0 Å². The molecule has 1 atom stereocenters. The number of hydrogen-bond acceptors (Lipinski definition) is 4. The maximum atomic E-state index is 12.8. The molecule has 0 amide bonds. The molecular weight excluding hydrogens is 388 g/mol. The van der Waals surface area contributed by atoms with Crippen LogP contribution in [0.1, 0.15) is 5.56 Å². The van der Waals surface area contributed by atoms with Crippen molar-refractivity contribution < 1.29 is 18.3 Å². The predicted molar refractivity (Wildman–Crippen MR) is 111 cm³/mol. The normalized spacial score (nSPS) is 12.8. The average molecular weight is 406 g/mol. The number of hydrogen-bond donors (Lipinski definition) is 2. The molecule has 0 aliphatic carbocycles. The molecular formula is C22H18N2O4S. The maximum absolute atomic E-state index is 12.8. The molecule has 4 aromatic rings. The zero-order valence-electron chi connectivity index (χ0n) is 15.3. The molecule has 0 saturated heterocycles. The van der Waals surface area contributed by atoms with Crippen LogP contribution in [0.15, 0.2) is 83.9 Å². The van der Waals surface area contributed by atoms with Gasteiger partial charge >= 0.3 is 5.97 Å². The summed E-state index contributed by atoms with van der Waals surface area (Å²) in [5, 5.41) is 12.3. The van der Waals surface area contributed by atoms with Gasteiger partial charge in [-0.1, -0.05) is 48.5 Å². The summed E-state index contributed by atoms with van der Waals surface area (Å²) in [5.41, 5.74) is 1.40. The Morgan fingerprint density at radius 3 is 2.48 bits per heavy atom. The Labute approximate surface area is 167 Å². The molecule has 0 aliphatic heterocycles. The van der Waals surface area contributed by atoms with Crippen LogP contribution in [0.5, 0.6) is 0 Å². The number of carbonyl (C=O) groups is 1. The van der Waals surface area contributed by atoms with Crippen molar-refractivity contribution in [1.82, 2.24) is 9.71 Å². The van der Waals surface area contributed by atoms with Gasteiger partial charge in [-0.05, 0) is 47.0 Å². The van der Waals surface area contributed by atoms with E-state index >= 15 is 0 Å². The van der Waals surface area contributed by atoms with Gasteiger partial charge in [0.1, 0.15) is 6.04 Å². The molecule has 0 radical (unpaired) electrons. The summed E-state index contributed by atoms with van der Waals surface area (Å²) in [6.45, 7) is 0. The molecule has 6 nitrogen and oxygen atoms in total. The number of nitrogens with zero attached hydrogens (tertiary/aromatic N) is 1. The third-order valence-electron chi connectivity index (χ3n) is 4.73. The predicted octanol–water partition coefficient (Wildman–Crippen LogP) is 3.36. The Kier molecular flexibility index (Phi) is 5.00. The Bertz CT molecular complexity index is 1320. The van der Waals surface area contributed by atoms with Crippen molar-refractivity contribution >= 4 is 37.7 Å². The fourth-order valence-electron chi connectivity index (χ4n) is 3.26. The topological polar surface area (TPSA) is 96.4 Å². The fraction of sp³-hybridized carbons (Fsp3) is 0.0909. The third-order valence-corrected chi connectivity index (χ3v) is 6.20. The van der Waals surface area contributed by atoms with Crippen LogP contribution < -0.4 is 4.72 Å². The average Bonchev–Trinajstić information content (AvgIpc) is 2.72. The zero-order chi connectivity index (χ0) is 20.4. The van der Waals surface area contributed by atoms with E-state index in [9.17, 15) is 18.3 Å². The summed E-state index contributed by atoms with van der Waals surface area (Å²) >= 11 is 0. The number of pyridine rings is 1. The van der Waals surface area contributed by atoms with Gasteiger partial charge in [-0.15, -0.1) is 0 Å². The number of aliphatic carboxylic acids is 1. The van der Waals surface area contributed by atoms with Gasteiger partial charge in [0.25, 0.3) is 0 Å². The zero-order valence-corrected chi connectivity index (χ0v) is 16.1. The van der Waals surface area contributed by atoms with Crippen LogP contribution in [0.25, 0.3) is 21.7 Å². The quantitative estimate of drug-likeness (QED) is 0.512. The first kappa shape index (κ1) is 19.0. The molecule has 29 heavy (non-hydrogen) atoms. The number of benzene rings is 3. The summed E-state index contributed by atoms with van der Waals surface area (Å²) < 4.78 is 27.9. The molecule has 2 N–H and O–H groups in total. The van der Waals surface area contributed by atoms with Gasteiger partial charge in [0.2, 0.25) is 10.0 Å². The Morgan fingerprint density at radius 1 is 0.931 bits per heavy atom. The van der Waals surface area contributed by atoms with Crippen LogP contribution in [-0.4, -0.2) is 30.5 Å². The van der Waals surface area contributed by atoms with E-state index in [-0.39, 0.29) is 11.3 Å². The van der Waals surface area contributed by atoms with Crippen LogP contribution >= 0.6 is 0 Å². The van der Waals surface area contributed by atoms with E-state index in [2.05, 4.69) is 9.71 Å². The van der Waals surface area contributed by atoms with E-state index in [0.29, 0.717) is 10.9 Å². The molecule has 4 rings (SSSR count). The minimum atomic E-state index is -4.02. The second kappa shape index (κ2) is 7.62. The van der Waals surface area contributed by atoms with Crippen LogP contribution in [0.3, 0.4) is 0 Å². The molecule has 0 bridgehead atoms. The summed E-state index contributed by atoms with van der Waals surface area (Å²) in [4.78, 5) is 15.9. The van der Waals surface area contributed by atoms with Gasteiger partial charge in [0, 0.05) is 11.6 Å². The lowest BCUT2D eigenvalue weighted by molar-refractivity contribution is -0.138. The smallest absolute Gasteiger partial charge is 0.322 e. The Balaban J connectivity index is 1.61. The molecule has 0 saturated carbocycles. The first-order valence-electron chi connectivity index (χ1n) is 9.00. The van der Waals surface area contributed by atoms with Gasteiger partial charge < -0.3 is 5.11 Å². The number of fused-ring (bicyclic) bond motifs is 2. The molecule has 7 heteroatoms. The highest BCUT2D eigenvalue weighted by Gasteiger charge is 2.26. The van der Waals surface area contributed by atoms with Gasteiger partial charge in [0.15, 0.2) is 0 Å². The van der Waals surface area contributed by atoms with Crippen LogP contribution in [0.4, 0.5) is 0 Å². The summed E-state index contributed by atoms with van der Waals surface area (Å²) in [6.07, 6.45) is 1.66. The van der Waals surface area contributed by atoms with E-state index in [1.165, 1.54) is 12.1 Å². The number of carboxylic acids is 1. The van der Waals surface area contributed by atoms with Gasteiger partial charge in [-0.2, -0.15) is 4.72 Å². The summed E-state index contributed by atoms with van der Waals surface area (Å²) in [7, 11) is -4.02. The molecule has 1 heterocycles. The van der Waals surface area contributed by atoms with Gasteiger partial charge in [-0.25, -0.2) is 8.42 Å². The van der Waals surface area contributed by atoms with Gasteiger partial charge in [0.05, 0.1) is 10.4 Å². The number of nitrogens with one attached hydrogen (secondary N) is 1. The van der Waals surface area contributed by atoms with Crippen molar-refractivity contribution in [1.29, 1.82) is 0 Å². The minimum Gasteiger partial charge on any atom is -0.480 e. The summed E-state index contributed by atoms with van der Waals surface area (Å²) in [6, 6.07) is 20.0. The third kappa shape index (κ3) is 4.11. The highest BCUT2D eigenvalue weighted by atomic mass is 32.2. The molecule has 146 valence electrons. The van der Waals surface area contributed by atoms with Crippen molar-refractivity contribution in [2.75, 3.05) is 0 Å². The van der Waals surface area contributed by atoms with Crippen molar-refractivity contribution in [2.45, 2.75) is 17.4 Å². The van der Waals surface area contributed by atoms with Crippen LogP contribution in [-0.2, 0) is 21.2 Å². The number of carboxylic acid groups (broad SMARTS) is 1. The SMILES string of the molecule is O=C(O)C(Cc1ccc2ccccc2c1)NS(=O)(=O)c1ccc2ncccc2c1. The lowest BCUT2D eigenvalue weighted by atomic mass is 10.0. The van der Waals surface area contributed by atoms with Crippen molar-refractivity contribution in [3.63, 3.8) is 0 Å². The summed E-state index contributed by atoms with van der Waals surface area (Å²) in [5.74, 6) is -1.23. The first-order chi connectivity index (χ1) is 13.9. The molecule has 0 fully saturated rings. The molecule has 0 spiro atoms. The largest absolute Gasteiger partial charge is 0.480 e. The molecule has 3 aromatic carbocycles. The van der Waals surface area contributed by atoms with Gasteiger partial charge in [-0.3, -0.25) is 9.78 Å². The number of sulfonamides is 1. The lowest BCUT2D eigenvalue weighted by Crippen LogP contribution is -2.42. The number of aromatic nitrogens is 1. The number of rotatable bonds is 6. The maximum Gasteiger partial charge on any atom is 0.322 e. The molecule has 1 aromatic heterocycles. The minimum absolute atomic E-state index is 0.00256. The van der Waals surface area contributed by atoms with Crippen molar-refractivity contribution in [2.24, 2.45) is 0 Å². The lowest BCUT2D eigenvalue weighted by Gasteiger charge is -2.15. The molecule has 1 unspecified atom stereocenters. The monoisotopic (exact) mass is 406 g/mol. The second-order valence-electron chi connectivity index (χ2n) is 6.76. The standard InChI is InChI=1S/C22H18N2O4S/c25-22(26)21(13-15-7-8-16-4-1-2-5-17(16)12-15)24-29(27,28)19-9-10-20-18(14-19)6-3-11-23-20/h1-12,14,21,24H,13H2,(H,25,26). The first-order valence-corrected chi connectivity index (χ1v) is 10.5. The molecule has 0 aliphatic rings. The van der Waals surface area contributed by atoms with Crippen LogP contribution in [0, 0.1) is 0 Å². The highest BCUT2D eigenvalue weighted by Crippen LogP contribution is 2.19. The van der Waals surface area contributed by atoms with E-state index < -0.39 is 22.0 Å². The van der Waals surface area contributed by atoms with Crippen LogP contribution in [0.2, 0.25) is 0 Å². The van der Waals surface area contributed by atoms with E-state index in [1.54, 1.807) is 24.4 Å². The Hall–Kier alpha value is -3.29. The van der Waals surface area contributed by atoms with E-state index in [1.807, 2.05) is 42.5 Å². The van der Waals surface area contributed by atoms with Crippen molar-refractivity contribution in [3.05, 3.63) is 84.6 Å². The van der Waals surface area contributed by atoms with Crippen molar-refractivity contribution in [3.8, 4) is 0 Å². The van der Waals surface area contributed by atoms with E-state index in [0.717, 1.165) is 16.3 Å². The highest BCUT2D eigenvalue weighted by molar-refractivity contribution is 7.89. The second-order valence-corrected chi connectivity index (χ2v) is 8.47. The fourth-order valence-corrected chi connectivity index (χ4v) is 4.48.